The summed E-state index contributed by atoms with van der Waals surface area (Å²) in [5.41, 5.74) is 6.89. The molecular weight excluding hydrogens is 628 g/mol. The Hall–Kier alpha value is -5.15. The molecule has 0 bridgehead atoms. The molecule has 1 amide bonds. The molecule has 2 aromatic heterocycles. The van der Waals surface area contributed by atoms with E-state index in [2.05, 4.69) is 15.3 Å². The summed E-state index contributed by atoms with van der Waals surface area (Å²) in [6.07, 6.45) is 5.06. The Kier molecular flexibility index (Phi) is 10.9. The predicted octanol–water partition coefficient (Wildman–Crippen LogP) is 7.55. The summed E-state index contributed by atoms with van der Waals surface area (Å²) in [6.45, 7) is 0.727. The Labute approximate surface area is 281 Å². The Morgan fingerprint density at radius 2 is 1.21 bits per heavy atom. The van der Waals surface area contributed by atoms with Gasteiger partial charge < -0.3 is 5.32 Å². The fourth-order valence-corrected chi connectivity index (χ4v) is 6.53. The second kappa shape index (κ2) is 15.4. The summed E-state index contributed by atoms with van der Waals surface area (Å²) in [4.78, 5) is 21.3. The molecule has 0 saturated carbocycles. The number of pyridine rings is 2. The van der Waals surface area contributed by atoms with Crippen molar-refractivity contribution in [3.63, 3.8) is 0 Å². The second-order valence-electron chi connectivity index (χ2n) is 10.8. The highest BCUT2D eigenvalue weighted by molar-refractivity contribution is 7.89. The highest BCUT2D eigenvalue weighted by Crippen LogP contribution is 2.26. The Morgan fingerprint density at radius 1 is 0.617 bits per heavy atom. The van der Waals surface area contributed by atoms with Gasteiger partial charge in [0.2, 0.25) is 10.0 Å². The van der Waals surface area contributed by atoms with E-state index in [0.29, 0.717) is 12.1 Å². The molecule has 0 fully saturated rings. The van der Waals surface area contributed by atoms with E-state index in [1.54, 1.807) is 48.9 Å². The van der Waals surface area contributed by atoms with Gasteiger partial charge in [-0.3, -0.25) is 14.8 Å². The van der Waals surface area contributed by atoms with Crippen LogP contribution in [0.25, 0.3) is 22.3 Å². The lowest BCUT2D eigenvalue weighted by Gasteiger charge is -2.23. The number of aromatic nitrogens is 2. The summed E-state index contributed by atoms with van der Waals surface area (Å²) >= 11 is 0. The molecule has 4 aromatic carbocycles. The van der Waals surface area contributed by atoms with E-state index in [9.17, 15) is 13.2 Å². The molecule has 9 heteroatoms. The fraction of sp³-hybridized carbons (Fsp3) is 0.0789. The molecule has 2 heterocycles. The van der Waals surface area contributed by atoms with Crippen LogP contribution in [0.5, 0.6) is 0 Å². The fourth-order valence-electron chi connectivity index (χ4n) is 5.12. The molecule has 47 heavy (non-hydrogen) atoms. The maximum absolute atomic E-state index is 14.0. The molecule has 6 rings (SSSR count). The van der Waals surface area contributed by atoms with Crippen LogP contribution in [-0.4, -0.2) is 28.6 Å². The Bertz CT molecular complexity index is 1990. The summed E-state index contributed by atoms with van der Waals surface area (Å²) < 4.78 is 29.4. The van der Waals surface area contributed by atoms with Crippen molar-refractivity contribution in [2.45, 2.75) is 24.5 Å². The first-order valence-electron chi connectivity index (χ1n) is 14.9. The minimum atomic E-state index is -3.83. The smallest absolute Gasteiger partial charge is 0.251 e. The minimum Gasteiger partial charge on any atom is -0.346 e. The van der Waals surface area contributed by atoms with Gasteiger partial charge in [-0.2, -0.15) is 4.31 Å². The molecule has 6 aromatic rings. The zero-order valence-corrected chi connectivity index (χ0v) is 27.1. The van der Waals surface area contributed by atoms with Crippen molar-refractivity contribution >= 4 is 28.3 Å². The summed E-state index contributed by atoms with van der Waals surface area (Å²) in [5, 5.41) is 2.89. The summed E-state index contributed by atoms with van der Waals surface area (Å²) in [6, 6.07) is 41.4. The van der Waals surface area contributed by atoms with Gasteiger partial charge in [-0.25, -0.2) is 8.42 Å². The van der Waals surface area contributed by atoms with Crippen molar-refractivity contribution < 1.29 is 13.2 Å². The van der Waals surface area contributed by atoms with Crippen molar-refractivity contribution in [1.29, 1.82) is 0 Å². The van der Waals surface area contributed by atoms with Crippen molar-refractivity contribution in [2.75, 3.05) is 0 Å². The highest BCUT2D eigenvalue weighted by Gasteiger charge is 2.25. The van der Waals surface area contributed by atoms with E-state index in [0.717, 1.165) is 39.1 Å². The largest absolute Gasteiger partial charge is 0.346 e. The van der Waals surface area contributed by atoms with Crippen LogP contribution < -0.4 is 5.32 Å². The monoisotopic (exact) mass is 660 g/mol. The number of sulfonamides is 1. The van der Waals surface area contributed by atoms with Crippen LogP contribution >= 0.6 is 12.4 Å². The normalized spacial score (nSPS) is 11.1. The maximum Gasteiger partial charge on any atom is 0.251 e. The first-order chi connectivity index (χ1) is 22.5. The average Bonchev–Trinajstić information content (AvgIpc) is 3.12. The molecule has 0 aliphatic rings. The first-order valence-corrected chi connectivity index (χ1v) is 16.3. The molecule has 1 N–H and O–H groups in total. The summed E-state index contributed by atoms with van der Waals surface area (Å²) in [5.74, 6) is -0.169. The van der Waals surface area contributed by atoms with Gasteiger partial charge in [0.15, 0.2) is 0 Å². The van der Waals surface area contributed by atoms with E-state index < -0.39 is 10.0 Å². The van der Waals surface area contributed by atoms with Gasteiger partial charge in [0.05, 0.1) is 17.1 Å². The molecule has 7 nitrogen and oxygen atoms in total. The van der Waals surface area contributed by atoms with Crippen molar-refractivity contribution in [2.24, 2.45) is 0 Å². The molecule has 0 unspecified atom stereocenters. The van der Waals surface area contributed by atoms with Crippen LogP contribution in [0.3, 0.4) is 0 Å². The molecule has 0 saturated heterocycles. The van der Waals surface area contributed by atoms with Crippen LogP contribution in [0.15, 0.2) is 157 Å². The van der Waals surface area contributed by atoms with E-state index >= 15 is 0 Å². The second-order valence-corrected chi connectivity index (χ2v) is 12.7. The van der Waals surface area contributed by atoms with Crippen LogP contribution in [0.4, 0.5) is 0 Å². The number of carbonyl (C=O) groups excluding carboxylic acids is 1. The predicted molar refractivity (Wildman–Crippen MR) is 187 cm³/mol. The number of hydrogen-bond donors (Lipinski definition) is 1. The lowest BCUT2D eigenvalue weighted by atomic mass is 10.0. The molecule has 0 aliphatic carbocycles. The minimum absolute atomic E-state index is 0. The van der Waals surface area contributed by atoms with Gasteiger partial charge in [0.1, 0.15) is 0 Å². The molecule has 0 radical (unpaired) electrons. The third kappa shape index (κ3) is 8.37. The van der Waals surface area contributed by atoms with Crippen LogP contribution in [0.1, 0.15) is 27.2 Å². The highest BCUT2D eigenvalue weighted by atomic mass is 35.5. The number of nitrogens with zero attached hydrogens (tertiary/aromatic N) is 3. The van der Waals surface area contributed by atoms with Crippen LogP contribution in [0.2, 0.25) is 0 Å². The molecular formula is C38H33ClN4O3S. The SMILES string of the molecule is Cl.O=C(NCc1ccccn1)c1ccc(-c2ccc(CN(Cc3cccnc3)S(=O)(=O)c3ccc(-c4ccccc4)cc3)cc2)cc1. The number of carbonyl (C=O) groups is 1. The topological polar surface area (TPSA) is 92.3 Å². The van der Waals surface area contributed by atoms with Gasteiger partial charge >= 0.3 is 0 Å². The zero-order chi connectivity index (χ0) is 31.8. The number of halogens is 1. The third-order valence-electron chi connectivity index (χ3n) is 7.63. The van der Waals surface area contributed by atoms with Crippen molar-refractivity contribution in [3.8, 4) is 22.3 Å². The lowest BCUT2D eigenvalue weighted by molar-refractivity contribution is 0.0950. The Balaban J connectivity index is 0.00000433. The van der Waals surface area contributed by atoms with E-state index in [4.69, 9.17) is 0 Å². The van der Waals surface area contributed by atoms with Crippen molar-refractivity contribution in [1.82, 2.24) is 19.6 Å². The average molecular weight is 661 g/mol. The van der Waals surface area contributed by atoms with E-state index in [1.807, 2.05) is 103 Å². The van der Waals surface area contributed by atoms with Crippen molar-refractivity contribution in [3.05, 3.63) is 174 Å². The van der Waals surface area contributed by atoms with Gasteiger partial charge in [-0.15, -0.1) is 12.4 Å². The third-order valence-corrected chi connectivity index (χ3v) is 9.44. The van der Waals surface area contributed by atoms with E-state index in [1.165, 1.54) is 4.31 Å². The number of rotatable bonds is 11. The van der Waals surface area contributed by atoms with Crippen LogP contribution in [-0.2, 0) is 29.7 Å². The number of benzene rings is 4. The van der Waals surface area contributed by atoms with Gasteiger partial charge in [-0.05, 0) is 75.8 Å². The molecule has 0 spiro atoms. The number of amides is 1. The van der Waals surface area contributed by atoms with Gasteiger partial charge in [-0.1, -0.05) is 91.0 Å². The number of nitrogens with one attached hydrogen (secondary N) is 1. The molecule has 0 atom stereocenters. The quantitative estimate of drug-likeness (QED) is 0.155. The van der Waals surface area contributed by atoms with E-state index in [-0.39, 0.29) is 36.3 Å². The zero-order valence-electron chi connectivity index (χ0n) is 25.4. The standard InChI is InChI=1S/C38H32N4O3S.ClH/c43-38(41-26-36-10-4-5-24-40-36)35-17-15-33(16-18-35)32-13-11-29(12-14-32)27-42(28-30-7-6-23-39-25-30)46(44,45)37-21-19-34(20-22-37)31-8-2-1-3-9-31;/h1-25H,26-28H2,(H,41,43);1H. The Morgan fingerprint density at radius 3 is 1.83 bits per heavy atom. The number of hydrogen-bond acceptors (Lipinski definition) is 5. The molecule has 0 aliphatic heterocycles. The van der Waals surface area contributed by atoms with Gasteiger partial charge in [0.25, 0.3) is 5.91 Å². The summed E-state index contributed by atoms with van der Waals surface area (Å²) in [7, 11) is -3.83. The first kappa shape index (κ1) is 33.2. The van der Waals surface area contributed by atoms with Crippen LogP contribution in [0, 0.1) is 0 Å². The molecule has 236 valence electrons. The maximum atomic E-state index is 14.0. The lowest BCUT2D eigenvalue weighted by Crippen LogP contribution is -2.30. The van der Waals surface area contributed by atoms with Gasteiger partial charge in [0, 0.05) is 37.2 Å².